The molecule has 0 atom stereocenters. The summed E-state index contributed by atoms with van der Waals surface area (Å²) in [6, 6.07) is 8.66. The van der Waals surface area contributed by atoms with Gasteiger partial charge in [-0.15, -0.1) is 0 Å². The Bertz CT molecular complexity index is 363. The molecule has 1 fully saturated rings. The van der Waals surface area contributed by atoms with Gasteiger partial charge >= 0.3 is 0 Å². The zero-order valence-corrected chi connectivity index (χ0v) is 12.2. The van der Waals surface area contributed by atoms with E-state index in [1.165, 1.54) is 43.2 Å². The van der Waals surface area contributed by atoms with Gasteiger partial charge in [-0.3, -0.25) is 0 Å². The topological polar surface area (TPSA) is 18.5 Å². The van der Waals surface area contributed by atoms with Crippen LogP contribution < -0.4 is 0 Å². The van der Waals surface area contributed by atoms with Gasteiger partial charge in [-0.25, -0.2) is 0 Å². The lowest BCUT2D eigenvalue weighted by atomic mass is 9.82. The Morgan fingerprint density at radius 1 is 1.00 bits per heavy atom. The second kappa shape index (κ2) is 7.66. The summed E-state index contributed by atoms with van der Waals surface area (Å²) in [5, 5.41) is 0. The van der Waals surface area contributed by atoms with Crippen LogP contribution in [0.5, 0.6) is 0 Å². The third-order valence-electron chi connectivity index (χ3n) is 3.93. The Hall–Kier alpha value is -0.860. The van der Waals surface area contributed by atoms with Crippen molar-refractivity contribution in [3.05, 3.63) is 35.4 Å². The molecule has 1 aliphatic carbocycles. The monoisotopic (exact) mass is 262 g/mol. The Labute approximate surface area is 117 Å². The Morgan fingerprint density at radius 2 is 1.63 bits per heavy atom. The predicted octanol–water partition coefficient (Wildman–Crippen LogP) is 4.81. The molecular formula is C17H26O2. The third kappa shape index (κ3) is 3.80. The second-order valence-corrected chi connectivity index (χ2v) is 5.21. The fourth-order valence-electron chi connectivity index (χ4n) is 3.04. The Morgan fingerprint density at radius 3 is 2.26 bits per heavy atom. The lowest BCUT2D eigenvalue weighted by Crippen LogP contribution is -2.14. The van der Waals surface area contributed by atoms with E-state index in [1.54, 1.807) is 0 Å². The first-order chi connectivity index (χ1) is 9.36. The van der Waals surface area contributed by atoms with Crippen molar-refractivity contribution in [3.8, 4) is 0 Å². The quantitative estimate of drug-likeness (QED) is 0.685. The highest BCUT2D eigenvalue weighted by Gasteiger charge is 2.22. The minimum Gasteiger partial charge on any atom is -0.349 e. The molecule has 1 aromatic carbocycles. The summed E-state index contributed by atoms with van der Waals surface area (Å²) in [7, 11) is 0. The minimum atomic E-state index is -0.201. The summed E-state index contributed by atoms with van der Waals surface area (Å²) in [6.07, 6.45) is 6.51. The molecule has 1 saturated carbocycles. The largest absolute Gasteiger partial charge is 0.349 e. The van der Waals surface area contributed by atoms with Crippen LogP contribution in [0.15, 0.2) is 24.3 Å². The lowest BCUT2D eigenvalue weighted by Gasteiger charge is -2.27. The number of hydrogen-bond acceptors (Lipinski definition) is 2. The van der Waals surface area contributed by atoms with E-state index in [9.17, 15) is 0 Å². The Balaban J connectivity index is 2.22. The van der Waals surface area contributed by atoms with Crippen molar-refractivity contribution < 1.29 is 9.47 Å². The van der Waals surface area contributed by atoms with E-state index in [1.807, 2.05) is 13.8 Å². The fraction of sp³-hybridized carbons (Fsp3) is 0.647. The number of rotatable bonds is 6. The number of hydrogen-bond donors (Lipinski definition) is 0. The van der Waals surface area contributed by atoms with E-state index >= 15 is 0 Å². The summed E-state index contributed by atoms with van der Waals surface area (Å²) in [5.41, 5.74) is 2.67. The molecule has 0 bridgehead atoms. The van der Waals surface area contributed by atoms with E-state index in [-0.39, 0.29) is 6.29 Å². The maximum absolute atomic E-state index is 5.78. The van der Waals surface area contributed by atoms with E-state index in [2.05, 4.69) is 24.3 Å². The van der Waals surface area contributed by atoms with Gasteiger partial charge < -0.3 is 9.47 Å². The van der Waals surface area contributed by atoms with Gasteiger partial charge in [-0.1, -0.05) is 43.5 Å². The summed E-state index contributed by atoms with van der Waals surface area (Å²) in [6.45, 7) is 5.41. The van der Waals surface area contributed by atoms with Crippen molar-refractivity contribution in [2.75, 3.05) is 13.2 Å². The first-order valence-electron chi connectivity index (χ1n) is 7.68. The van der Waals surface area contributed by atoms with Crippen molar-refractivity contribution >= 4 is 0 Å². The van der Waals surface area contributed by atoms with Gasteiger partial charge in [-0.05, 0) is 38.2 Å². The van der Waals surface area contributed by atoms with E-state index in [0.717, 1.165) is 0 Å². The molecule has 0 aromatic heterocycles. The summed E-state index contributed by atoms with van der Waals surface area (Å²) >= 11 is 0. The average molecular weight is 262 g/mol. The molecule has 106 valence electrons. The molecule has 2 heteroatoms. The van der Waals surface area contributed by atoms with Crippen molar-refractivity contribution in [3.63, 3.8) is 0 Å². The third-order valence-corrected chi connectivity index (χ3v) is 3.93. The standard InChI is InChI=1S/C17H26O2/c1-3-18-17(19-4-2)16-13-9-8-12-15(16)14-10-6-5-7-11-14/h8-9,12-14,17H,3-7,10-11H2,1-2H3. The van der Waals surface area contributed by atoms with Crippen molar-refractivity contribution in [1.82, 2.24) is 0 Å². The van der Waals surface area contributed by atoms with Gasteiger partial charge in [0.15, 0.2) is 6.29 Å². The SMILES string of the molecule is CCOC(OCC)c1ccccc1C1CCCCC1. The predicted molar refractivity (Wildman–Crippen MR) is 78.3 cm³/mol. The van der Waals surface area contributed by atoms with Crippen LogP contribution in [0.3, 0.4) is 0 Å². The molecular weight excluding hydrogens is 236 g/mol. The van der Waals surface area contributed by atoms with Crippen LogP contribution in [0.25, 0.3) is 0 Å². The molecule has 2 rings (SSSR count). The van der Waals surface area contributed by atoms with Crippen LogP contribution in [0, 0.1) is 0 Å². The van der Waals surface area contributed by atoms with Gasteiger partial charge in [0.25, 0.3) is 0 Å². The van der Waals surface area contributed by atoms with Gasteiger partial charge in [0, 0.05) is 18.8 Å². The van der Waals surface area contributed by atoms with E-state index in [0.29, 0.717) is 19.1 Å². The van der Waals surface area contributed by atoms with Crippen molar-refractivity contribution in [1.29, 1.82) is 0 Å². The highest BCUT2D eigenvalue weighted by Crippen LogP contribution is 2.37. The summed E-state index contributed by atoms with van der Waals surface area (Å²) < 4.78 is 11.6. The molecule has 19 heavy (non-hydrogen) atoms. The van der Waals surface area contributed by atoms with Crippen molar-refractivity contribution in [2.45, 2.75) is 58.2 Å². The average Bonchev–Trinajstić information content (AvgIpc) is 2.48. The molecule has 1 aliphatic rings. The van der Waals surface area contributed by atoms with Gasteiger partial charge in [-0.2, -0.15) is 0 Å². The van der Waals surface area contributed by atoms with Crippen molar-refractivity contribution in [2.24, 2.45) is 0 Å². The molecule has 1 aromatic rings. The molecule has 0 saturated heterocycles. The number of benzene rings is 1. The fourth-order valence-corrected chi connectivity index (χ4v) is 3.04. The molecule has 0 aliphatic heterocycles. The number of ether oxygens (including phenoxy) is 2. The molecule has 0 unspecified atom stereocenters. The Kier molecular flexibility index (Phi) is 5.87. The smallest absolute Gasteiger partial charge is 0.184 e. The normalized spacial score (nSPS) is 17.0. The lowest BCUT2D eigenvalue weighted by molar-refractivity contribution is -0.140. The zero-order valence-electron chi connectivity index (χ0n) is 12.2. The molecule has 0 spiro atoms. The maximum Gasteiger partial charge on any atom is 0.184 e. The molecule has 2 nitrogen and oxygen atoms in total. The second-order valence-electron chi connectivity index (χ2n) is 5.21. The molecule has 0 radical (unpaired) electrons. The van der Waals surface area contributed by atoms with E-state index in [4.69, 9.17) is 9.47 Å². The first-order valence-corrected chi connectivity index (χ1v) is 7.68. The summed E-state index contributed by atoms with van der Waals surface area (Å²) in [5.74, 6) is 0.688. The molecule has 0 heterocycles. The van der Waals surface area contributed by atoms with E-state index < -0.39 is 0 Å². The first kappa shape index (κ1) is 14.5. The molecule has 0 N–H and O–H groups in total. The van der Waals surface area contributed by atoms with Gasteiger partial charge in [0.2, 0.25) is 0 Å². The highest BCUT2D eigenvalue weighted by molar-refractivity contribution is 5.31. The van der Waals surface area contributed by atoms with Gasteiger partial charge in [0.1, 0.15) is 0 Å². The summed E-state index contributed by atoms with van der Waals surface area (Å²) in [4.78, 5) is 0. The van der Waals surface area contributed by atoms with Crippen LogP contribution in [0.1, 0.15) is 69.3 Å². The highest BCUT2D eigenvalue weighted by atomic mass is 16.7. The van der Waals surface area contributed by atoms with Crippen LogP contribution in [0.2, 0.25) is 0 Å². The van der Waals surface area contributed by atoms with Crippen LogP contribution >= 0.6 is 0 Å². The van der Waals surface area contributed by atoms with Crippen LogP contribution in [0.4, 0.5) is 0 Å². The minimum absolute atomic E-state index is 0.201. The van der Waals surface area contributed by atoms with Gasteiger partial charge in [0.05, 0.1) is 0 Å². The maximum atomic E-state index is 5.78. The van der Waals surface area contributed by atoms with Crippen LogP contribution in [-0.4, -0.2) is 13.2 Å². The zero-order chi connectivity index (χ0) is 13.5. The molecule has 0 amide bonds. The van der Waals surface area contributed by atoms with Crippen LogP contribution in [-0.2, 0) is 9.47 Å².